The summed E-state index contributed by atoms with van der Waals surface area (Å²) in [6, 6.07) is 0. The largest absolute Gasteiger partial charge is 0.289 e. The van der Waals surface area contributed by atoms with Crippen LogP contribution in [0.5, 0.6) is 0 Å². The number of allylic oxidation sites excluding steroid dienone is 10. The monoisotopic (exact) mass is 308 g/mol. The van der Waals surface area contributed by atoms with Gasteiger partial charge < -0.3 is 0 Å². The van der Waals surface area contributed by atoms with Gasteiger partial charge in [0.25, 0.3) is 0 Å². The summed E-state index contributed by atoms with van der Waals surface area (Å²) in [6.07, 6.45) is 16.7. The first-order valence-corrected chi connectivity index (χ1v) is 8.21. The topological polar surface area (TPSA) is 17.1 Å². The van der Waals surface area contributed by atoms with E-state index in [1.807, 2.05) is 19.1 Å². The first-order chi connectivity index (χ1) is 10.9. The summed E-state index contributed by atoms with van der Waals surface area (Å²) >= 11 is 0. The lowest BCUT2D eigenvalue weighted by molar-refractivity contribution is -0.103. The molecule has 0 saturated carbocycles. The molecule has 1 rings (SSSR count). The van der Waals surface area contributed by atoms with Gasteiger partial charge in [-0.2, -0.15) is 0 Å². The normalized spacial score (nSPS) is 19.2. The van der Waals surface area contributed by atoms with Gasteiger partial charge in [-0.3, -0.25) is 4.79 Å². The van der Waals surface area contributed by atoms with Gasteiger partial charge in [0.05, 0.1) is 0 Å². The van der Waals surface area contributed by atoms with Crippen LogP contribution in [0.1, 0.15) is 53.9 Å². The van der Waals surface area contributed by atoms with Gasteiger partial charge in [-0.25, -0.2) is 0 Å². The zero-order valence-corrected chi connectivity index (χ0v) is 15.1. The number of hydrogen-bond donors (Lipinski definition) is 0. The maximum absolute atomic E-state index is 10.1. The Morgan fingerprint density at radius 2 is 1.87 bits per heavy atom. The number of rotatable bonds is 4. The molecule has 23 heavy (non-hydrogen) atoms. The summed E-state index contributed by atoms with van der Waals surface area (Å²) in [5, 5.41) is 0. The van der Waals surface area contributed by atoms with E-state index in [1.54, 1.807) is 6.08 Å². The molecule has 0 aliphatic heterocycles. The Hall–Kier alpha value is -2.07. The summed E-state index contributed by atoms with van der Waals surface area (Å²) in [4.78, 5) is 10.1. The molecule has 0 aromatic rings. The fourth-order valence-corrected chi connectivity index (χ4v) is 2.87. The fourth-order valence-electron chi connectivity index (χ4n) is 2.87. The lowest BCUT2D eigenvalue weighted by Gasteiger charge is -2.32. The second kappa shape index (κ2) is 9.16. The minimum Gasteiger partial charge on any atom is -0.289 e. The SMILES string of the molecule is CC1=C(/C=C/C(C)=C/C=C/C(C)=C/C#CC=O)C(C)(C)CCC1. The Labute approximate surface area is 141 Å². The minimum absolute atomic E-state index is 0.283. The maximum Gasteiger partial charge on any atom is 0.193 e. The zero-order valence-electron chi connectivity index (χ0n) is 15.1. The molecule has 1 heteroatoms. The van der Waals surface area contributed by atoms with Crippen molar-refractivity contribution in [2.24, 2.45) is 5.41 Å². The summed E-state index contributed by atoms with van der Waals surface area (Å²) < 4.78 is 0. The smallest absolute Gasteiger partial charge is 0.193 e. The summed E-state index contributed by atoms with van der Waals surface area (Å²) in [5.74, 6) is 5.06. The van der Waals surface area contributed by atoms with Crippen molar-refractivity contribution in [2.45, 2.75) is 53.9 Å². The van der Waals surface area contributed by atoms with Crippen LogP contribution >= 0.6 is 0 Å². The van der Waals surface area contributed by atoms with Gasteiger partial charge in [0.1, 0.15) is 0 Å². The van der Waals surface area contributed by atoms with Gasteiger partial charge >= 0.3 is 0 Å². The molecule has 0 aromatic carbocycles. The van der Waals surface area contributed by atoms with E-state index in [-0.39, 0.29) is 5.41 Å². The molecular weight excluding hydrogens is 280 g/mol. The predicted molar refractivity (Wildman–Crippen MR) is 100.0 cm³/mol. The van der Waals surface area contributed by atoms with E-state index in [9.17, 15) is 4.79 Å². The number of aldehydes is 1. The molecule has 122 valence electrons. The molecule has 0 bridgehead atoms. The first kappa shape index (κ1) is 19.0. The van der Waals surface area contributed by atoms with Crippen molar-refractivity contribution < 1.29 is 4.79 Å². The van der Waals surface area contributed by atoms with Crippen LogP contribution in [0.15, 0.2) is 58.7 Å². The zero-order chi connectivity index (χ0) is 17.3. The lowest BCUT2D eigenvalue weighted by Crippen LogP contribution is -2.19. The van der Waals surface area contributed by atoms with E-state index in [4.69, 9.17) is 0 Å². The lowest BCUT2D eigenvalue weighted by atomic mass is 9.72. The highest BCUT2D eigenvalue weighted by molar-refractivity contribution is 5.73. The van der Waals surface area contributed by atoms with Crippen LogP contribution in [-0.2, 0) is 4.79 Å². The van der Waals surface area contributed by atoms with Crippen LogP contribution in [0.3, 0.4) is 0 Å². The molecule has 0 saturated heterocycles. The van der Waals surface area contributed by atoms with Crippen molar-refractivity contribution in [3.05, 3.63) is 58.7 Å². The quantitative estimate of drug-likeness (QED) is 0.369. The predicted octanol–water partition coefficient (Wildman–Crippen LogP) is 5.72. The van der Waals surface area contributed by atoms with Gasteiger partial charge in [0.2, 0.25) is 0 Å². The number of carbonyl (C=O) groups is 1. The van der Waals surface area contributed by atoms with Crippen molar-refractivity contribution in [1.82, 2.24) is 0 Å². The molecule has 0 aromatic heterocycles. The third-order valence-corrected chi connectivity index (χ3v) is 4.22. The van der Waals surface area contributed by atoms with E-state index in [2.05, 4.69) is 57.8 Å². The molecule has 0 spiro atoms. The molecule has 0 radical (unpaired) electrons. The molecule has 0 atom stereocenters. The van der Waals surface area contributed by atoms with Crippen LogP contribution in [0, 0.1) is 17.3 Å². The van der Waals surface area contributed by atoms with Crippen molar-refractivity contribution in [2.75, 3.05) is 0 Å². The molecule has 0 unspecified atom stereocenters. The van der Waals surface area contributed by atoms with Gasteiger partial charge in [0.15, 0.2) is 6.29 Å². The first-order valence-electron chi connectivity index (χ1n) is 8.21. The summed E-state index contributed by atoms with van der Waals surface area (Å²) in [5.41, 5.74) is 5.54. The van der Waals surface area contributed by atoms with Crippen molar-refractivity contribution in [3.63, 3.8) is 0 Å². The highest BCUT2D eigenvalue weighted by Gasteiger charge is 2.26. The molecule has 0 N–H and O–H groups in total. The standard InChI is InChI=1S/C22H28O/c1-18(10-6-7-17-23)11-8-12-19(2)14-15-21-20(3)13-9-16-22(21,4)5/h8,10-12,14-15,17H,9,13,16H2,1-5H3/b11-8+,15-14+,18-10+,19-12+. The molecule has 0 fully saturated rings. The van der Waals surface area contributed by atoms with Crippen LogP contribution < -0.4 is 0 Å². The average Bonchev–Trinajstić information content (AvgIpc) is 2.46. The van der Waals surface area contributed by atoms with E-state index in [0.29, 0.717) is 6.29 Å². The number of carbonyl (C=O) groups excluding carboxylic acids is 1. The highest BCUT2D eigenvalue weighted by atomic mass is 16.1. The van der Waals surface area contributed by atoms with Gasteiger partial charge in [-0.1, -0.05) is 61.3 Å². The Morgan fingerprint density at radius 3 is 2.52 bits per heavy atom. The maximum atomic E-state index is 10.1. The highest BCUT2D eigenvalue weighted by Crippen LogP contribution is 2.40. The fraction of sp³-hybridized carbons (Fsp3) is 0.409. The van der Waals surface area contributed by atoms with Crippen LogP contribution in [-0.4, -0.2) is 6.29 Å². The van der Waals surface area contributed by atoms with E-state index < -0.39 is 0 Å². The minimum atomic E-state index is 0.283. The Bertz CT molecular complexity index is 637. The molecule has 1 nitrogen and oxygen atoms in total. The molecule has 0 amide bonds. The van der Waals surface area contributed by atoms with E-state index >= 15 is 0 Å². The van der Waals surface area contributed by atoms with Crippen LogP contribution in [0.2, 0.25) is 0 Å². The van der Waals surface area contributed by atoms with Gasteiger partial charge in [-0.15, -0.1) is 0 Å². The Balaban J connectivity index is 2.77. The van der Waals surface area contributed by atoms with Gasteiger partial charge in [-0.05, 0) is 68.6 Å². The summed E-state index contributed by atoms with van der Waals surface area (Å²) in [7, 11) is 0. The second-order valence-corrected chi connectivity index (χ2v) is 6.83. The van der Waals surface area contributed by atoms with Crippen molar-refractivity contribution in [1.29, 1.82) is 0 Å². The van der Waals surface area contributed by atoms with Gasteiger partial charge in [0, 0.05) is 0 Å². The van der Waals surface area contributed by atoms with E-state index in [1.165, 1.54) is 36.0 Å². The molecule has 1 aliphatic rings. The third kappa shape index (κ3) is 6.70. The number of hydrogen-bond acceptors (Lipinski definition) is 1. The molecular formula is C22H28O. The average molecular weight is 308 g/mol. The third-order valence-electron chi connectivity index (χ3n) is 4.22. The summed E-state index contributed by atoms with van der Waals surface area (Å²) in [6.45, 7) is 11.0. The van der Waals surface area contributed by atoms with Crippen molar-refractivity contribution in [3.8, 4) is 11.8 Å². The van der Waals surface area contributed by atoms with E-state index in [0.717, 1.165) is 5.57 Å². The molecule has 1 aliphatic carbocycles. The Kier molecular flexibility index (Phi) is 7.55. The van der Waals surface area contributed by atoms with Crippen LogP contribution in [0.4, 0.5) is 0 Å². The second-order valence-electron chi connectivity index (χ2n) is 6.83. The molecule has 0 heterocycles. The Morgan fingerprint density at radius 1 is 1.13 bits per heavy atom. The van der Waals surface area contributed by atoms with Crippen LogP contribution in [0.25, 0.3) is 0 Å². The van der Waals surface area contributed by atoms with Crippen molar-refractivity contribution >= 4 is 6.29 Å².